The van der Waals surface area contributed by atoms with Crippen molar-refractivity contribution in [1.29, 1.82) is 0 Å². The summed E-state index contributed by atoms with van der Waals surface area (Å²) in [5, 5.41) is 0. The third-order valence-electron chi connectivity index (χ3n) is 8.62. The monoisotopic (exact) mass is 532 g/mol. The summed E-state index contributed by atoms with van der Waals surface area (Å²) >= 11 is 0. The summed E-state index contributed by atoms with van der Waals surface area (Å²) in [6, 6.07) is 13.1. The van der Waals surface area contributed by atoms with Crippen LogP contribution in [0.25, 0.3) is 0 Å². The van der Waals surface area contributed by atoms with E-state index in [0.717, 1.165) is 35.5 Å². The number of esters is 2. The lowest BCUT2D eigenvalue weighted by Crippen LogP contribution is -2.25. The zero-order valence-corrected chi connectivity index (χ0v) is 23.3. The number of carbonyl (C=O) groups excluding carboxylic acids is 2. The van der Waals surface area contributed by atoms with Gasteiger partial charge < -0.3 is 20.9 Å². The Morgan fingerprint density at radius 1 is 0.821 bits per heavy atom. The molecule has 0 amide bonds. The van der Waals surface area contributed by atoms with Crippen LogP contribution >= 0.6 is 0 Å². The Bertz CT molecular complexity index is 1090. The number of rotatable bonds is 10. The number of hydrogen-bond donors (Lipinski definition) is 2. The normalized spacial score (nSPS) is 23.4. The third kappa shape index (κ3) is 8.87. The predicted octanol–water partition coefficient (Wildman–Crippen LogP) is 6.98. The summed E-state index contributed by atoms with van der Waals surface area (Å²) in [6.45, 7) is 2.47. The highest BCUT2D eigenvalue weighted by atomic mass is 16.5. The molecule has 0 spiro atoms. The van der Waals surface area contributed by atoms with Gasteiger partial charge in [0.2, 0.25) is 0 Å². The Morgan fingerprint density at radius 2 is 1.41 bits per heavy atom. The standard InChI is InChI=1S/C33H44N2O4/c1-2-3-23-4-6-25(7-5-23)26-8-10-27(11-9-26)28-12-14-31(15-13-28)39-33(37)17-16-32(36)38-19-18-24-20-29(34)22-30(35)21-24/h12-17,20-23,25-27H,2-11,18-19,34-35H2,1H3/b17-16-. The van der Waals surface area contributed by atoms with Crippen LogP contribution in [0.3, 0.4) is 0 Å². The maximum atomic E-state index is 12.2. The summed E-state index contributed by atoms with van der Waals surface area (Å²) in [7, 11) is 0. The molecule has 0 saturated heterocycles. The van der Waals surface area contributed by atoms with Gasteiger partial charge in [0.15, 0.2) is 0 Å². The van der Waals surface area contributed by atoms with Crippen LogP contribution in [0.2, 0.25) is 0 Å². The van der Waals surface area contributed by atoms with Crippen molar-refractivity contribution < 1.29 is 19.1 Å². The average molecular weight is 533 g/mol. The molecule has 0 atom stereocenters. The number of benzene rings is 2. The number of nitrogen functional groups attached to an aromatic ring is 2. The Hall–Kier alpha value is -3.28. The van der Waals surface area contributed by atoms with E-state index in [-0.39, 0.29) is 6.61 Å². The van der Waals surface area contributed by atoms with Crippen molar-refractivity contribution in [2.24, 2.45) is 17.8 Å². The molecule has 2 saturated carbocycles. The molecule has 39 heavy (non-hydrogen) atoms. The van der Waals surface area contributed by atoms with Crippen molar-refractivity contribution in [3.8, 4) is 5.75 Å². The topological polar surface area (TPSA) is 105 Å². The van der Waals surface area contributed by atoms with Gasteiger partial charge in [0, 0.05) is 29.9 Å². The molecule has 4 rings (SSSR count). The van der Waals surface area contributed by atoms with Gasteiger partial charge in [-0.1, -0.05) is 44.7 Å². The summed E-state index contributed by atoms with van der Waals surface area (Å²) in [6.07, 6.45) is 16.3. The lowest BCUT2D eigenvalue weighted by atomic mass is 9.68. The van der Waals surface area contributed by atoms with E-state index in [1.54, 1.807) is 18.2 Å². The molecule has 0 radical (unpaired) electrons. The van der Waals surface area contributed by atoms with Gasteiger partial charge in [-0.15, -0.1) is 0 Å². The molecule has 210 valence electrons. The van der Waals surface area contributed by atoms with Gasteiger partial charge in [-0.3, -0.25) is 0 Å². The second-order valence-corrected chi connectivity index (χ2v) is 11.4. The quantitative estimate of drug-likeness (QED) is 0.148. The van der Waals surface area contributed by atoms with Gasteiger partial charge in [-0.05, 0) is 104 Å². The molecule has 0 heterocycles. The minimum Gasteiger partial charge on any atom is -0.462 e. The van der Waals surface area contributed by atoms with Gasteiger partial charge in [0.05, 0.1) is 6.61 Å². The van der Waals surface area contributed by atoms with Crippen LogP contribution < -0.4 is 16.2 Å². The van der Waals surface area contributed by atoms with Crippen LogP contribution in [0.1, 0.15) is 88.2 Å². The second kappa shape index (κ2) is 14.2. The van der Waals surface area contributed by atoms with Crippen molar-refractivity contribution >= 4 is 23.3 Å². The van der Waals surface area contributed by atoms with E-state index in [9.17, 15) is 9.59 Å². The van der Waals surface area contributed by atoms with Gasteiger partial charge in [-0.2, -0.15) is 0 Å². The number of anilines is 2. The maximum Gasteiger partial charge on any atom is 0.336 e. The van der Waals surface area contributed by atoms with E-state index in [0.29, 0.717) is 29.5 Å². The molecule has 2 aromatic carbocycles. The molecule has 0 bridgehead atoms. The molecule has 0 unspecified atom stereocenters. The molecule has 2 fully saturated rings. The fourth-order valence-corrected chi connectivity index (χ4v) is 6.58. The summed E-state index contributed by atoms with van der Waals surface area (Å²) in [4.78, 5) is 24.1. The Kier molecular flexibility index (Phi) is 10.5. The van der Waals surface area contributed by atoms with E-state index in [1.807, 2.05) is 12.1 Å². The first-order valence-corrected chi connectivity index (χ1v) is 14.7. The number of carbonyl (C=O) groups is 2. The van der Waals surface area contributed by atoms with Crippen LogP contribution in [0.4, 0.5) is 11.4 Å². The fraction of sp³-hybridized carbons (Fsp3) is 0.515. The number of nitrogens with two attached hydrogens (primary N) is 2. The van der Waals surface area contributed by atoms with Crippen LogP contribution in [-0.2, 0) is 20.7 Å². The SMILES string of the molecule is CCCC1CCC(C2CCC(c3ccc(OC(=O)/C=C\C(=O)OCCc4cc(N)cc(N)c4)cc3)CC2)CC1. The van der Waals surface area contributed by atoms with Crippen LogP contribution in [0.5, 0.6) is 5.75 Å². The Balaban J connectivity index is 1.15. The molecular formula is C33H44N2O4. The number of ether oxygens (including phenoxy) is 2. The predicted molar refractivity (Wildman–Crippen MR) is 156 cm³/mol. The average Bonchev–Trinajstić information content (AvgIpc) is 2.93. The van der Waals surface area contributed by atoms with Crippen molar-refractivity contribution in [1.82, 2.24) is 0 Å². The van der Waals surface area contributed by atoms with Gasteiger partial charge in [0.1, 0.15) is 5.75 Å². The third-order valence-corrected chi connectivity index (χ3v) is 8.62. The highest BCUT2D eigenvalue weighted by molar-refractivity contribution is 5.92. The molecule has 0 aliphatic heterocycles. The highest BCUT2D eigenvalue weighted by Crippen LogP contribution is 2.44. The molecule has 2 aliphatic rings. The first-order chi connectivity index (χ1) is 18.9. The lowest BCUT2D eigenvalue weighted by molar-refractivity contribution is -0.138. The molecule has 2 aromatic rings. The number of hydrogen-bond acceptors (Lipinski definition) is 6. The molecule has 0 aromatic heterocycles. The molecule has 6 heteroatoms. The van der Waals surface area contributed by atoms with Gasteiger partial charge in [0.25, 0.3) is 0 Å². The fourth-order valence-electron chi connectivity index (χ4n) is 6.58. The molecular weight excluding hydrogens is 488 g/mol. The van der Waals surface area contributed by atoms with E-state index < -0.39 is 11.9 Å². The zero-order chi connectivity index (χ0) is 27.6. The highest BCUT2D eigenvalue weighted by Gasteiger charge is 2.31. The Labute approximate surface area is 233 Å². The Morgan fingerprint density at radius 3 is 2.03 bits per heavy atom. The van der Waals surface area contributed by atoms with Gasteiger partial charge in [-0.25, -0.2) is 9.59 Å². The van der Waals surface area contributed by atoms with Crippen LogP contribution in [0, 0.1) is 17.8 Å². The largest absolute Gasteiger partial charge is 0.462 e. The van der Waals surface area contributed by atoms with Gasteiger partial charge >= 0.3 is 11.9 Å². The summed E-state index contributed by atoms with van der Waals surface area (Å²) in [5.41, 5.74) is 14.9. The molecule has 2 aliphatic carbocycles. The molecule has 6 nitrogen and oxygen atoms in total. The first kappa shape index (κ1) is 28.7. The maximum absolute atomic E-state index is 12.2. The zero-order valence-electron chi connectivity index (χ0n) is 23.3. The lowest BCUT2D eigenvalue weighted by Gasteiger charge is -2.38. The van der Waals surface area contributed by atoms with Crippen molar-refractivity contribution in [3.05, 3.63) is 65.7 Å². The summed E-state index contributed by atoms with van der Waals surface area (Å²) in [5.74, 6) is 2.65. The van der Waals surface area contributed by atoms with E-state index in [4.69, 9.17) is 20.9 Å². The van der Waals surface area contributed by atoms with E-state index >= 15 is 0 Å². The second-order valence-electron chi connectivity index (χ2n) is 11.4. The van der Waals surface area contributed by atoms with E-state index in [1.165, 1.54) is 69.8 Å². The first-order valence-electron chi connectivity index (χ1n) is 14.7. The van der Waals surface area contributed by atoms with Crippen molar-refractivity contribution in [2.75, 3.05) is 18.1 Å². The van der Waals surface area contributed by atoms with Crippen molar-refractivity contribution in [2.45, 2.75) is 83.5 Å². The molecule has 4 N–H and O–H groups in total. The van der Waals surface area contributed by atoms with E-state index in [2.05, 4.69) is 19.1 Å². The minimum atomic E-state index is -0.613. The summed E-state index contributed by atoms with van der Waals surface area (Å²) < 4.78 is 10.5. The van der Waals surface area contributed by atoms with Crippen LogP contribution in [-0.4, -0.2) is 18.5 Å². The minimum absolute atomic E-state index is 0.157. The smallest absolute Gasteiger partial charge is 0.336 e. The van der Waals surface area contributed by atoms with Crippen LogP contribution in [0.15, 0.2) is 54.6 Å². The van der Waals surface area contributed by atoms with Crippen molar-refractivity contribution in [3.63, 3.8) is 0 Å².